The molecule has 0 atom stereocenters. The van der Waals surface area contributed by atoms with Gasteiger partial charge in [-0.05, 0) is 30.3 Å². The van der Waals surface area contributed by atoms with Crippen LogP contribution in [0.4, 0.5) is 18.9 Å². The maximum absolute atomic E-state index is 13.0. The number of amides is 1. The van der Waals surface area contributed by atoms with Crippen LogP contribution in [0.1, 0.15) is 5.56 Å². The number of nitrogens with one attached hydrogen (secondary N) is 1. The molecule has 0 aliphatic heterocycles. The summed E-state index contributed by atoms with van der Waals surface area (Å²) in [7, 11) is 0. The third-order valence-corrected chi connectivity index (χ3v) is 4.34. The van der Waals surface area contributed by atoms with Crippen LogP contribution in [-0.4, -0.2) is 27.3 Å². The first kappa shape index (κ1) is 20.0. The smallest absolute Gasteiger partial charge is 0.416 e. The summed E-state index contributed by atoms with van der Waals surface area (Å²) < 4.78 is 45.6. The Kier molecular flexibility index (Phi) is 5.76. The maximum atomic E-state index is 13.0. The molecule has 0 unspecified atom stereocenters. The van der Waals surface area contributed by atoms with E-state index in [1.807, 2.05) is 0 Å². The van der Waals surface area contributed by atoms with Crippen molar-refractivity contribution in [2.45, 2.75) is 6.18 Å². The Labute approximate surface area is 166 Å². The average molecular weight is 431 g/mol. The SMILES string of the molecule is O=C(COc1cccc(Cl)c1Cl)Nc1cc(C(F)(F)F)ccc1-n1cncn1. The van der Waals surface area contributed by atoms with Gasteiger partial charge in [0.05, 0.1) is 22.0 Å². The van der Waals surface area contributed by atoms with E-state index in [9.17, 15) is 18.0 Å². The van der Waals surface area contributed by atoms with Gasteiger partial charge in [0.15, 0.2) is 6.61 Å². The van der Waals surface area contributed by atoms with E-state index in [1.54, 1.807) is 12.1 Å². The Morgan fingerprint density at radius 2 is 2.00 bits per heavy atom. The van der Waals surface area contributed by atoms with E-state index < -0.39 is 24.3 Å². The van der Waals surface area contributed by atoms with Gasteiger partial charge in [-0.2, -0.15) is 18.3 Å². The van der Waals surface area contributed by atoms with Crippen molar-refractivity contribution in [2.24, 2.45) is 0 Å². The van der Waals surface area contributed by atoms with Gasteiger partial charge in [-0.1, -0.05) is 29.3 Å². The molecule has 3 rings (SSSR count). The number of aromatic nitrogens is 3. The van der Waals surface area contributed by atoms with Gasteiger partial charge in [-0.15, -0.1) is 0 Å². The molecule has 1 amide bonds. The first-order valence-electron chi connectivity index (χ1n) is 7.68. The molecule has 1 aromatic heterocycles. The highest BCUT2D eigenvalue weighted by atomic mass is 35.5. The van der Waals surface area contributed by atoms with Gasteiger partial charge < -0.3 is 10.1 Å². The molecular weight excluding hydrogens is 420 g/mol. The van der Waals surface area contributed by atoms with Crippen molar-refractivity contribution in [3.05, 3.63) is 64.7 Å². The quantitative estimate of drug-likeness (QED) is 0.641. The molecule has 0 spiro atoms. The van der Waals surface area contributed by atoms with Gasteiger partial charge in [-0.3, -0.25) is 4.79 Å². The molecule has 146 valence electrons. The number of carbonyl (C=O) groups is 1. The van der Waals surface area contributed by atoms with Crippen LogP contribution < -0.4 is 10.1 Å². The molecule has 0 aliphatic rings. The number of alkyl halides is 3. The van der Waals surface area contributed by atoms with Crippen molar-refractivity contribution in [2.75, 3.05) is 11.9 Å². The zero-order valence-corrected chi connectivity index (χ0v) is 15.4. The largest absolute Gasteiger partial charge is 0.482 e. The van der Waals surface area contributed by atoms with Crippen molar-refractivity contribution in [1.82, 2.24) is 14.8 Å². The Morgan fingerprint density at radius 1 is 1.21 bits per heavy atom. The molecule has 0 fully saturated rings. The molecule has 1 heterocycles. The molecule has 11 heteroatoms. The molecule has 28 heavy (non-hydrogen) atoms. The van der Waals surface area contributed by atoms with E-state index in [2.05, 4.69) is 15.4 Å². The summed E-state index contributed by atoms with van der Waals surface area (Å²) >= 11 is 11.8. The Balaban J connectivity index is 1.81. The van der Waals surface area contributed by atoms with Crippen LogP contribution >= 0.6 is 23.2 Å². The van der Waals surface area contributed by atoms with Gasteiger partial charge in [0.1, 0.15) is 23.4 Å². The van der Waals surface area contributed by atoms with E-state index in [4.69, 9.17) is 27.9 Å². The van der Waals surface area contributed by atoms with Gasteiger partial charge in [0.2, 0.25) is 0 Å². The van der Waals surface area contributed by atoms with E-state index in [1.165, 1.54) is 29.5 Å². The first-order chi connectivity index (χ1) is 13.3. The average Bonchev–Trinajstić information content (AvgIpc) is 3.16. The summed E-state index contributed by atoms with van der Waals surface area (Å²) in [5.74, 6) is -0.526. The predicted octanol–water partition coefficient (Wildman–Crippen LogP) is 4.61. The summed E-state index contributed by atoms with van der Waals surface area (Å²) in [5, 5.41) is 6.62. The number of carbonyl (C=O) groups excluding carboxylic acids is 1. The third kappa shape index (κ3) is 4.55. The lowest BCUT2D eigenvalue weighted by molar-refractivity contribution is -0.137. The predicted molar refractivity (Wildman–Crippen MR) is 96.9 cm³/mol. The van der Waals surface area contributed by atoms with Gasteiger partial charge in [0, 0.05) is 0 Å². The fraction of sp³-hybridized carbons (Fsp3) is 0.118. The molecule has 2 aromatic carbocycles. The number of hydrogen-bond donors (Lipinski definition) is 1. The van der Waals surface area contributed by atoms with Crippen LogP contribution in [0.5, 0.6) is 5.75 Å². The zero-order chi connectivity index (χ0) is 20.3. The summed E-state index contributed by atoms with van der Waals surface area (Å²) in [6.07, 6.45) is -2.07. The molecule has 6 nitrogen and oxygen atoms in total. The highest BCUT2D eigenvalue weighted by Gasteiger charge is 2.31. The van der Waals surface area contributed by atoms with E-state index in [-0.39, 0.29) is 27.2 Å². The molecular formula is C17H11Cl2F3N4O2. The van der Waals surface area contributed by atoms with Crippen molar-refractivity contribution < 1.29 is 22.7 Å². The number of hydrogen-bond acceptors (Lipinski definition) is 4. The number of halogens is 5. The third-order valence-electron chi connectivity index (χ3n) is 3.54. The number of benzene rings is 2. The summed E-state index contributed by atoms with van der Waals surface area (Å²) in [6, 6.07) is 7.51. The van der Waals surface area contributed by atoms with E-state index >= 15 is 0 Å². The van der Waals surface area contributed by atoms with Crippen molar-refractivity contribution >= 4 is 34.8 Å². The van der Waals surface area contributed by atoms with Crippen LogP contribution in [0.2, 0.25) is 10.0 Å². The molecule has 3 aromatic rings. The van der Waals surface area contributed by atoms with Crippen molar-refractivity contribution in [3.8, 4) is 11.4 Å². The Hall–Kier alpha value is -2.78. The maximum Gasteiger partial charge on any atom is 0.416 e. The monoisotopic (exact) mass is 430 g/mol. The number of anilines is 1. The fourth-order valence-electron chi connectivity index (χ4n) is 2.27. The minimum atomic E-state index is -4.58. The standard InChI is InChI=1S/C17H11Cl2F3N4O2/c18-11-2-1-3-14(16(11)19)28-7-15(27)25-12-6-10(17(20,21)22)4-5-13(12)26-9-23-8-24-26/h1-6,8-9H,7H2,(H,25,27). The molecule has 0 saturated heterocycles. The van der Waals surface area contributed by atoms with Gasteiger partial charge >= 0.3 is 6.18 Å². The lowest BCUT2D eigenvalue weighted by Crippen LogP contribution is -2.22. The normalized spacial score (nSPS) is 11.3. The molecule has 0 aliphatic carbocycles. The van der Waals surface area contributed by atoms with Crippen molar-refractivity contribution in [3.63, 3.8) is 0 Å². The number of ether oxygens (including phenoxy) is 1. The van der Waals surface area contributed by atoms with E-state index in [0.29, 0.717) is 0 Å². The van der Waals surface area contributed by atoms with Crippen LogP contribution in [0.15, 0.2) is 49.1 Å². The van der Waals surface area contributed by atoms with Crippen LogP contribution in [0.25, 0.3) is 5.69 Å². The Morgan fingerprint density at radius 3 is 2.68 bits per heavy atom. The van der Waals surface area contributed by atoms with Crippen molar-refractivity contribution in [1.29, 1.82) is 0 Å². The summed E-state index contributed by atoms with van der Waals surface area (Å²) in [6.45, 7) is -0.493. The molecule has 1 N–H and O–H groups in total. The fourth-order valence-corrected chi connectivity index (χ4v) is 2.62. The summed E-state index contributed by atoms with van der Waals surface area (Å²) in [4.78, 5) is 16.0. The highest BCUT2D eigenvalue weighted by Crippen LogP contribution is 2.34. The van der Waals surface area contributed by atoms with Gasteiger partial charge in [0.25, 0.3) is 5.91 Å². The lowest BCUT2D eigenvalue weighted by atomic mass is 10.1. The second-order valence-electron chi connectivity index (χ2n) is 5.46. The first-order valence-corrected chi connectivity index (χ1v) is 8.44. The second kappa shape index (κ2) is 8.07. The minimum absolute atomic E-state index is 0.105. The van der Waals surface area contributed by atoms with Crippen LogP contribution in [-0.2, 0) is 11.0 Å². The molecule has 0 saturated carbocycles. The topological polar surface area (TPSA) is 69.0 Å². The zero-order valence-electron chi connectivity index (χ0n) is 13.9. The minimum Gasteiger partial charge on any atom is -0.482 e. The lowest BCUT2D eigenvalue weighted by Gasteiger charge is -2.15. The molecule has 0 bridgehead atoms. The van der Waals surface area contributed by atoms with Crippen LogP contribution in [0, 0.1) is 0 Å². The van der Waals surface area contributed by atoms with Gasteiger partial charge in [-0.25, -0.2) is 9.67 Å². The van der Waals surface area contributed by atoms with Crippen LogP contribution in [0.3, 0.4) is 0 Å². The number of rotatable bonds is 5. The molecule has 0 radical (unpaired) electrons. The number of nitrogens with zero attached hydrogens (tertiary/aromatic N) is 3. The summed E-state index contributed by atoms with van der Waals surface area (Å²) in [5.41, 5.74) is -0.823. The highest BCUT2D eigenvalue weighted by molar-refractivity contribution is 6.42. The Bertz CT molecular complexity index is 995. The second-order valence-corrected chi connectivity index (χ2v) is 6.24. The van der Waals surface area contributed by atoms with E-state index in [0.717, 1.165) is 12.1 Å².